The molecule has 1 atom stereocenters. The van der Waals surface area contributed by atoms with Crippen LogP contribution in [0.2, 0.25) is 0 Å². The molecule has 0 aliphatic carbocycles. The smallest absolute Gasteiger partial charge is 0.0960 e. The maximum Gasteiger partial charge on any atom is 0.0960 e. The van der Waals surface area contributed by atoms with Crippen molar-refractivity contribution in [3.05, 3.63) is 0 Å². The van der Waals surface area contributed by atoms with Gasteiger partial charge in [-0.05, 0) is 19.8 Å². The van der Waals surface area contributed by atoms with Crippen molar-refractivity contribution in [1.29, 1.82) is 5.41 Å². The van der Waals surface area contributed by atoms with Gasteiger partial charge in [0.05, 0.1) is 18.5 Å². The second-order valence-corrected chi connectivity index (χ2v) is 3.67. The van der Waals surface area contributed by atoms with E-state index in [0.29, 0.717) is 6.04 Å². The molecule has 1 rings (SSSR count). The lowest BCUT2D eigenvalue weighted by Gasteiger charge is -2.28. The van der Waals surface area contributed by atoms with Crippen molar-refractivity contribution in [2.45, 2.75) is 39.2 Å². The number of hydrogen-bond acceptors (Lipinski definition) is 2. The van der Waals surface area contributed by atoms with Gasteiger partial charge in [0.25, 0.3) is 0 Å². The molecule has 0 aromatic carbocycles. The molecule has 0 amide bonds. The van der Waals surface area contributed by atoms with E-state index in [1.54, 1.807) is 0 Å². The van der Waals surface area contributed by atoms with E-state index in [2.05, 4.69) is 18.7 Å². The third-order valence-electron chi connectivity index (χ3n) is 2.41. The number of nitrogens with one attached hydrogen (secondary N) is 1. The maximum atomic E-state index is 7.88. The summed E-state index contributed by atoms with van der Waals surface area (Å²) in [6.45, 7) is 6.86. The van der Waals surface area contributed by atoms with Gasteiger partial charge in [0, 0.05) is 19.6 Å². The van der Waals surface area contributed by atoms with E-state index in [9.17, 15) is 0 Å². The van der Waals surface area contributed by atoms with Crippen LogP contribution in [0.25, 0.3) is 0 Å². The monoisotopic (exact) mass is 184 g/mol. The molecule has 1 aliphatic heterocycles. The standard InChI is InChI=1S/C10H20N2O/c1-3-5-10(11)12-6-4-7-13-8-9(12)2/h9,11H,3-8H2,1-2H3. The molecule has 0 radical (unpaired) electrons. The van der Waals surface area contributed by atoms with E-state index in [4.69, 9.17) is 10.1 Å². The normalized spacial score (nSPS) is 24.2. The largest absolute Gasteiger partial charge is 0.379 e. The summed E-state index contributed by atoms with van der Waals surface area (Å²) in [6, 6.07) is 0.376. The van der Waals surface area contributed by atoms with Gasteiger partial charge in [0.2, 0.25) is 0 Å². The van der Waals surface area contributed by atoms with Crippen LogP contribution in [-0.4, -0.2) is 36.5 Å². The van der Waals surface area contributed by atoms with Gasteiger partial charge in [-0.15, -0.1) is 0 Å². The highest BCUT2D eigenvalue weighted by Gasteiger charge is 2.18. The number of rotatable bonds is 2. The first-order chi connectivity index (χ1) is 6.25. The predicted octanol–water partition coefficient (Wildman–Crippen LogP) is 1.87. The molecule has 1 N–H and O–H groups in total. The summed E-state index contributed by atoms with van der Waals surface area (Å²) in [6.07, 6.45) is 3.00. The second-order valence-electron chi connectivity index (χ2n) is 3.67. The van der Waals surface area contributed by atoms with Gasteiger partial charge in [-0.2, -0.15) is 0 Å². The summed E-state index contributed by atoms with van der Waals surface area (Å²) in [4.78, 5) is 2.18. The zero-order valence-electron chi connectivity index (χ0n) is 8.68. The Kier molecular flexibility index (Phi) is 4.22. The quantitative estimate of drug-likeness (QED) is 0.525. The number of hydrogen-bond donors (Lipinski definition) is 1. The first-order valence-electron chi connectivity index (χ1n) is 5.17. The Hall–Kier alpha value is -0.570. The molecule has 0 aromatic heterocycles. The van der Waals surface area contributed by atoms with Crippen molar-refractivity contribution in [2.24, 2.45) is 0 Å². The van der Waals surface area contributed by atoms with Crippen LogP contribution < -0.4 is 0 Å². The fourth-order valence-electron chi connectivity index (χ4n) is 1.68. The fourth-order valence-corrected chi connectivity index (χ4v) is 1.68. The van der Waals surface area contributed by atoms with E-state index in [-0.39, 0.29) is 0 Å². The van der Waals surface area contributed by atoms with Crippen molar-refractivity contribution in [3.63, 3.8) is 0 Å². The molecule has 3 nitrogen and oxygen atoms in total. The molecule has 0 saturated carbocycles. The Labute approximate surface area is 80.6 Å². The minimum Gasteiger partial charge on any atom is -0.379 e. The summed E-state index contributed by atoms with van der Waals surface area (Å²) >= 11 is 0. The number of amidine groups is 1. The fraction of sp³-hybridized carbons (Fsp3) is 0.900. The van der Waals surface area contributed by atoms with Gasteiger partial charge in [0.15, 0.2) is 0 Å². The Balaban J connectivity index is 2.48. The summed E-state index contributed by atoms with van der Waals surface area (Å²) in [5, 5.41) is 7.88. The van der Waals surface area contributed by atoms with Crippen LogP contribution in [0.3, 0.4) is 0 Å². The minimum atomic E-state index is 0.376. The third kappa shape index (κ3) is 2.99. The first kappa shape index (κ1) is 10.5. The zero-order chi connectivity index (χ0) is 9.68. The molecular weight excluding hydrogens is 164 g/mol. The molecule has 13 heavy (non-hydrogen) atoms. The van der Waals surface area contributed by atoms with Crippen molar-refractivity contribution in [2.75, 3.05) is 19.8 Å². The molecule has 1 unspecified atom stereocenters. The third-order valence-corrected chi connectivity index (χ3v) is 2.41. The highest BCUT2D eigenvalue weighted by molar-refractivity contribution is 5.79. The van der Waals surface area contributed by atoms with Crippen LogP contribution in [-0.2, 0) is 4.74 Å². The Morgan fingerprint density at radius 1 is 1.62 bits per heavy atom. The Morgan fingerprint density at radius 2 is 2.38 bits per heavy atom. The highest BCUT2D eigenvalue weighted by Crippen LogP contribution is 2.09. The Morgan fingerprint density at radius 3 is 3.08 bits per heavy atom. The Bertz CT molecular complexity index is 170. The lowest BCUT2D eigenvalue weighted by molar-refractivity contribution is 0.123. The predicted molar refractivity (Wildman–Crippen MR) is 54.2 cm³/mol. The summed E-state index contributed by atoms with van der Waals surface area (Å²) in [7, 11) is 0. The minimum absolute atomic E-state index is 0.376. The number of ether oxygens (including phenoxy) is 1. The van der Waals surface area contributed by atoms with Gasteiger partial charge in [-0.25, -0.2) is 0 Å². The summed E-state index contributed by atoms with van der Waals surface area (Å²) in [5.74, 6) is 0.778. The van der Waals surface area contributed by atoms with Crippen molar-refractivity contribution < 1.29 is 4.74 Å². The van der Waals surface area contributed by atoms with Crippen molar-refractivity contribution in [3.8, 4) is 0 Å². The van der Waals surface area contributed by atoms with Gasteiger partial charge in [-0.1, -0.05) is 6.92 Å². The van der Waals surface area contributed by atoms with Crippen LogP contribution >= 0.6 is 0 Å². The topological polar surface area (TPSA) is 36.3 Å². The molecule has 1 aliphatic rings. The molecule has 3 heteroatoms. The van der Waals surface area contributed by atoms with Crippen LogP contribution in [0.5, 0.6) is 0 Å². The molecule has 0 bridgehead atoms. The average molecular weight is 184 g/mol. The van der Waals surface area contributed by atoms with E-state index in [0.717, 1.165) is 44.9 Å². The van der Waals surface area contributed by atoms with E-state index in [1.165, 1.54) is 0 Å². The lowest BCUT2D eigenvalue weighted by Crippen LogP contribution is -2.39. The first-order valence-corrected chi connectivity index (χ1v) is 5.17. The van der Waals surface area contributed by atoms with Gasteiger partial charge < -0.3 is 9.64 Å². The average Bonchev–Trinajstić information content (AvgIpc) is 2.30. The van der Waals surface area contributed by atoms with Crippen molar-refractivity contribution >= 4 is 5.84 Å². The molecular formula is C10H20N2O. The van der Waals surface area contributed by atoms with E-state index >= 15 is 0 Å². The molecule has 1 fully saturated rings. The molecule has 0 aromatic rings. The van der Waals surface area contributed by atoms with E-state index < -0.39 is 0 Å². The molecule has 0 spiro atoms. The SMILES string of the molecule is CCCC(=N)N1CCCOCC1C. The molecule has 1 saturated heterocycles. The van der Waals surface area contributed by atoms with Crippen LogP contribution in [0.1, 0.15) is 33.1 Å². The van der Waals surface area contributed by atoms with Crippen LogP contribution in [0, 0.1) is 5.41 Å². The van der Waals surface area contributed by atoms with Gasteiger partial charge >= 0.3 is 0 Å². The van der Waals surface area contributed by atoms with Crippen LogP contribution in [0.4, 0.5) is 0 Å². The van der Waals surface area contributed by atoms with Crippen molar-refractivity contribution in [1.82, 2.24) is 4.90 Å². The van der Waals surface area contributed by atoms with Gasteiger partial charge in [0.1, 0.15) is 0 Å². The maximum absolute atomic E-state index is 7.88. The summed E-state index contributed by atoms with van der Waals surface area (Å²) in [5.41, 5.74) is 0. The zero-order valence-corrected chi connectivity index (χ0v) is 8.68. The molecule has 76 valence electrons. The lowest BCUT2D eigenvalue weighted by atomic mass is 10.2. The second kappa shape index (κ2) is 5.22. The molecule has 1 heterocycles. The number of nitrogens with zero attached hydrogens (tertiary/aromatic N) is 1. The summed E-state index contributed by atoms with van der Waals surface area (Å²) < 4.78 is 5.43. The van der Waals surface area contributed by atoms with E-state index in [1.807, 2.05) is 0 Å². The van der Waals surface area contributed by atoms with Crippen LogP contribution in [0.15, 0.2) is 0 Å². The highest BCUT2D eigenvalue weighted by atomic mass is 16.5. The van der Waals surface area contributed by atoms with Gasteiger partial charge in [-0.3, -0.25) is 5.41 Å².